The standard InChI is InChI=1S/C21H28ClN7O2S/c22-15-12-23-19(24-13-15)28-7-9-29(10-8-28)20-25-16-4-1-2-11-32(31)17(16)18(26-20)27-21(14-30)5-3-6-21/h12-13,30H,1-11,14H2,(H,25,26,27). The molecule has 1 aliphatic carbocycles. The van der Waals surface area contributed by atoms with Gasteiger partial charge in [0.1, 0.15) is 10.7 Å². The molecule has 1 saturated carbocycles. The summed E-state index contributed by atoms with van der Waals surface area (Å²) < 4.78 is 13.0. The molecule has 4 heterocycles. The van der Waals surface area contributed by atoms with Crippen LogP contribution in [-0.2, 0) is 17.2 Å². The number of aliphatic hydroxyl groups excluding tert-OH is 1. The van der Waals surface area contributed by atoms with Crippen molar-refractivity contribution >= 4 is 40.1 Å². The Morgan fingerprint density at radius 2 is 1.72 bits per heavy atom. The largest absolute Gasteiger partial charge is 0.394 e. The normalized spacial score (nSPS) is 22.6. The first-order valence-corrected chi connectivity index (χ1v) is 12.9. The predicted octanol–water partition coefficient (Wildman–Crippen LogP) is 2.02. The van der Waals surface area contributed by atoms with E-state index in [-0.39, 0.29) is 12.1 Å². The van der Waals surface area contributed by atoms with Crippen LogP contribution in [0.4, 0.5) is 17.7 Å². The number of rotatable bonds is 5. The van der Waals surface area contributed by atoms with Gasteiger partial charge in [-0.15, -0.1) is 0 Å². The maximum atomic E-state index is 13.0. The zero-order valence-electron chi connectivity index (χ0n) is 18.0. The number of aryl methyl sites for hydroxylation is 1. The molecule has 11 heteroatoms. The van der Waals surface area contributed by atoms with Gasteiger partial charge in [0.2, 0.25) is 11.9 Å². The van der Waals surface area contributed by atoms with Gasteiger partial charge in [-0.25, -0.2) is 15.0 Å². The molecule has 2 aromatic heterocycles. The summed E-state index contributed by atoms with van der Waals surface area (Å²) >= 11 is 5.91. The summed E-state index contributed by atoms with van der Waals surface area (Å²) in [5.74, 6) is 2.61. The van der Waals surface area contributed by atoms with Crippen LogP contribution in [0.25, 0.3) is 0 Å². The van der Waals surface area contributed by atoms with Crippen LogP contribution in [0.15, 0.2) is 17.3 Å². The van der Waals surface area contributed by atoms with E-state index in [1.54, 1.807) is 12.4 Å². The van der Waals surface area contributed by atoms with Crippen molar-refractivity contribution in [3.05, 3.63) is 23.1 Å². The molecule has 32 heavy (non-hydrogen) atoms. The second kappa shape index (κ2) is 9.07. The van der Waals surface area contributed by atoms with E-state index in [0.717, 1.165) is 75.3 Å². The number of nitrogens with zero attached hydrogens (tertiary/aromatic N) is 6. The Morgan fingerprint density at radius 1 is 1.03 bits per heavy atom. The molecular weight excluding hydrogens is 450 g/mol. The monoisotopic (exact) mass is 477 g/mol. The van der Waals surface area contributed by atoms with Crippen LogP contribution in [0, 0.1) is 0 Å². The van der Waals surface area contributed by atoms with Crippen molar-refractivity contribution in [2.45, 2.75) is 49.0 Å². The Balaban J connectivity index is 1.40. The van der Waals surface area contributed by atoms with Gasteiger partial charge in [0.25, 0.3) is 0 Å². The third kappa shape index (κ3) is 4.27. The van der Waals surface area contributed by atoms with E-state index in [0.29, 0.717) is 28.5 Å². The summed E-state index contributed by atoms with van der Waals surface area (Å²) in [6.45, 7) is 3.01. The van der Waals surface area contributed by atoms with E-state index in [2.05, 4.69) is 25.1 Å². The highest BCUT2D eigenvalue weighted by molar-refractivity contribution is 7.85. The number of hydrogen-bond donors (Lipinski definition) is 2. The molecule has 9 nitrogen and oxygen atoms in total. The number of hydrogen-bond acceptors (Lipinski definition) is 9. The van der Waals surface area contributed by atoms with Crippen molar-refractivity contribution in [3.8, 4) is 0 Å². The molecule has 0 bridgehead atoms. The lowest BCUT2D eigenvalue weighted by atomic mass is 9.77. The lowest BCUT2D eigenvalue weighted by molar-refractivity contribution is 0.143. The van der Waals surface area contributed by atoms with Crippen molar-refractivity contribution < 1.29 is 9.32 Å². The average Bonchev–Trinajstić information content (AvgIpc) is 2.98. The van der Waals surface area contributed by atoms with Crippen molar-refractivity contribution in [1.29, 1.82) is 0 Å². The molecule has 0 radical (unpaired) electrons. The molecule has 2 fully saturated rings. The minimum atomic E-state index is -1.13. The lowest BCUT2D eigenvalue weighted by Crippen LogP contribution is -2.49. The number of aliphatic hydroxyl groups is 1. The number of fused-ring (bicyclic) bond motifs is 1. The molecule has 172 valence electrons. The van der Waals surface area contributed by atoms with Gasteiger partial charge in [0.15, 0.2) is 0 Å². The second-order valence-electron chi connectivity index (χ2n) is 8.75. The molecule has 3 aliphatic rings. The van der Waals surface area contributed by atoms with Crippen LogP contribution >= 0.6 is 11.6 Å². The number of aromatic nitrogens is 4. The first-order chi connectivity index (χ1) is 15.6. The molecule has 5 rings (SSSR count). The van der Waals surface area contributed by atoms with Crippen LogP contribution in [-0.4, -0.2) is 73.3 Å². The Bertz CT molecular complexity index is 989. The Labute approximate surface area is 195 Å². The number of piperazine rings is 1. The fourth-order valence-corrected chi connectivity index (χ4v) is 5.99. The SMILES string of the molecule is O=S1CCCCc2nc(N3CCN(c4ncc(Cl)cn4)CC3)nc(NC3(CO)CCC3)c21. The minimum Gasteiger partial charge on any atom is -0.394 e. The van der Waals surface area contributed by atoms with Crippen molar-refractivity contribution in [1.82, 2.24) is 19.9 Å². The predicted molar refractivity (Wildman–Crippen MR) is 125 cm³/mol. The molecule has 2 aromatic rings. The fraction of sp³-hybridized carbons (Fsp3) is 0.619. The highest BCUT2D eigenvalue weighted by Gasteiger charge is 2.38. The highest BCUT2D eigenvalue weighted by atomic mass is 35.5. The van der Waals surface area contributed by atoms with Crippen molar-refractivity contribution in [2.24, 2.45) is 0 Å². The van der Waals surface area contributed by atoms with Crippen LogP contribution in [0.5, 0.6) is 0 Å². The molecule has 0 aromatic carbocycles. The summed E-state index contributed by atoms with van der Waals surface area (Å²) in [6, 6.07) is 0. The van der Waals surface area contributed by atoms with Crippen molar-refractivity contribution in [3.63, 3.8) is 0 Å². The number of halogens is 1. The van der Waals surface area contributed by atoms with Crippen molar-refractivity contribution in [2.75, 3.05) is 53.7 Å². The third-order valence-corrected chi connectivity index (χ3v) is 8.33. The van der Waals surface area contributed by atoms with Gasteiger partial charge in [-0.3, -0.25) is 4.21 Å². The summed E-state index contributed by atoms with van der Waals surface area (Å²) in [6.07, 6.45) is 8.78. The Kier molecular flexibility index (Phi) is 6.18. The number of nitrogens with one attached hydrogen (secondary N) is 1. The molecule has 2 N–H and O–H groups in total. The van der Waals surface area contributed by atoms with Crippen LogP contribution in [0.1, 0.15) is 37.8 Å². The molecule has 0 spiro atoms. The summed E-state index contributed by atoms with van der Waals surface area (Å²) in [4.78, 5) is 23.4. The fourth-order valence-electron chi connectivity index (χ4n) is 4.50. The minimum absolute atomic E-state index is 0.0491. The van der Waals surface area contributed by atoms with E-state index in [1.807, 2.05) is 0 Å². The van der Waals surface area contributed by atoms with Crippen LogP contribution in [0.2, 0.25) is 5.02 Å². The first kappa shape index (κ1) is 21.8. The quantitative estimate of drug-likeness (QED) is 0.668. The molecule has 1 unspecified atom stereocenters. The zero-order chi connectivity index (χ0) is 22.1. The van der Waals surface area contributed by atoms with E-state index in [1.165, 1.54) is 0 Å². The maximum Gasteiger partial charge on any atom is 0.227 e. The first-order valence-electron chi connectivity index (χ1n) is 11.2. The van der Waals surface area contributed by atoms with Gasteiger partial charge in [-0.1, -0.05) is 11.6 Å². The Hall–Kier alpha value is -2.04. The van der Waals surface area contributed by atoms with E-state index in [4.69, 9.17) is 21.6 Å². The molecule has 2 aliphatic heterocycles. The summed E-state index contributed by atoms with van der Waals surface area (Å²) in [5.41, 5.74) is 0.518. The van der Waals surface area contributed by atoms with E-state index >= 15 is 0 Å². The van der Waals surface area contributed by atoms with Crippen LogP contribution in [0.3, 0.4) is 0 Å². The topological polar surface area (TPSA) is 107 Å². The van der Waals surface area contributed by atoms with Crippen LogP contribution < -0.4 is 15.1 Å². The van der Waals surface area contributed by atoms with E-state index in [9.17, 15) is 9.32 Å². The highest BCUT2D eigenvalue weighted by Crippen LogP contribution is 2.38. The maximum absolute atomic E-state index is 13.0. The molecular formula is C21H28ClN7O2S. The molecule has 0 amide bonds. The number of anilines is 3. The van der Waals surface area contributed by atoms with Gasteiger partial charge in [0.05, 0.1) is 46.1 Å². The van der Waals surface area contributed by atoms with Gasteiger partial charge < -0.3 is 20.2 Å². The Morgan fingerprint density at radius 3 is 2.34 bits per heavy atom. The molecule has 1 atom stereocenters. The second-order valence-corrected chi connectivity index (χ2v) is 10.7. The average molecular weight is 478 g/mol. The molecule has 1 saturated heterocycles. The van der Waals surface area contributed by atoms with Gasteiger partial charge in [0, 0.05) is 31.9 Å². The van der Waals surface area contributed by atoms with Gasteiger partial charge >= 0.3 is 0 Å². The van der Waals surface area contributed by atoms with Gasteiger partial charge in [-0.05, 0) is 38.5 Å². The van der Waals surface area contributed by atoms with E-state index < -0.39 is 10.8 Å². The lowest BCUT2D eigenvalue weighted by Gasteiger charge is -2.42. The summed E-state index contributed by atoms with van der Waals surface area (Å²) in [5, 5.41) is 14.0. The zero-order valence-corrected chi connectivity index (χ0v) is 19.5. The third-order valence-electron chi connectivity index (χ3n) is 6.59. The van der Waals surface area contributed by atoms with Gasteiger partial charge in [-0.2, -0.15) is 4.98 Å². The summed E-state index contributed by atoms with van der Waals surface area (Å²) in [7, 11) is -1.13. The smallest absolute Gasteiger partial charge is 0.227 e.